The van der Waals surface area contributed by atoms with Crippen molar-refractivity contribution >= 4 is 23.5 Å². The topological polar surface area (TPSA) is 88.1 Å². The standard InChI is InChI=1S/C20H18O7/c1-24-15-12-8-7-11-14(15)16(18(21)25-2)17(19(22)26-3)20(23)27-13-9-5-4-6-10-13/h4-12H,1-3H3/b17-16+. The van der Waals surface area contributed by atoms with E-state index in [1.807, 2.05) is 0 Å². The lowest BCUT2D eigenvalue weighted by atomic mass is 9.98. The van der Waals surface area contributed by atoms with Gasteiger partial charge in [-0.15, -0.1) is 0 Å². The van der Waals surface area contributed by atoms with Crippen LogP contribution in [0.2, 0.25) is 0 Å². The molecule has 0 fully saturated rings. The summed E-state index contributed by atoms with van der Waals surface area (Å²) in [6.07, 6.45) is 0. The Morgan fingerprint density at radius 3 is 1.89 bits per heavy atom. The molecule has 0 amide bonds. The molecule has 0 aliphatic heterocycles. The largest absolute Gasteiger partial charge is 0.496 e. The average molecular weight is 370 g/mol. The van der Waals surface area contributed by atoms with Crippen molar-refractivity contribution in [3.05, 3.63) is 65.7 Å². The number of ether oxygens (including phenoxy) is 4. The quantitative estimate of drug-likeness (QED) is 0.254. The maximum absolute atomic E-state index is 12.7. The molecule has 2 aromatic carbocycles. The number of para-hydroxylation sites is 2. The minimum atomic E-state index is -1.06. The molecular formula is C20H18O7. The van der Waals surface area contributed by atoms with Crippen LogP contribution >= 0.6 is 0 Å². The minimum Gasteiger partial charge on any atom is -0.496 e. The second-order valence-electron chi connectivity index (χ2n) is 5.14. The lowest BCUT2D eigenvalue weighted by Gasteiger charge is -2.14. The Morgan fingerprint density at radius 2 is 1.30 bits per heavy atom. The molecule has 0 N–H and O–H groups in total. The summed E-state index contributed by atoms with van der Waals surface area (Å²) >= 11 is 0. The molecule has 0 atom stereocenters. The second-order valence-corrected chi connectivity index (χ2v) is 5.14. The molecule has 0 aromatic heterocycles. The number of benzene rings is 2. The third kappa shape index (κ3) is 4.52. The molecule has 2 aromatic rings. The zero-order chi connectivity index (χ0) is 19.8. The maximum Gasteiger partial charge on any atom is 0.351 e. The van der Waals surface area contributed by atoms with Crippen LogP contribution in [0.3, 0.4) is 0 Å². The number of rotatable bonds is 6. The first kappa shape index (κ1) is 19.7. The van der Waals surface area contributed by atoms with Crippen LogP contribution in [-0.2, 0) is 23.9 Å². The van der Waals surface area contributed by atoms with Gasteiger partial charge < -0.3 is 18.9 Å². The van der Waals surface area contributed by atoms with Crippen LogP contribution in [-0.4, -0.2) is 39.2 Å². The molecule has 0 aliphatic carbocycles. The lowest BCUT2D eigenvalue weighted by Crippen LogP contribution is -2.24. The van der Waals surface area contributed by atoms with Crippen LogP contribution in [0.25, 0.3) is 5.57 Å². The van der Waals surface area contributed by atoms with Crippen molar-refractivity contribution in [2.24, 2.45) is 0 Å². The molecule has 7 heteroatoms. The first-order valence-electron chi connectivity index (χ1n) is 7.85. The van der Waals surface area contributed by atoms with Gasteiger partial charge in [0.25, 0.3) is 0 Å². The average Bonchev–Trinajstić information content (AvgIpc) is 2.71. The number of carbonyl (C=O) groups excluding carboxylic acids is 3. The van der Waals surface area contributed by atoms with Gasteiger partial charge >= 0.3 is 17.9 Å². The van der Waals surface area contributed by atoms with Gasteiger partial charge in [-0.05, 0) is 18.2 Å². The van der Waals surface area contributed by atoms with Gasteiger partial charge in [0.15, 0.2) is 5.57 Å². The smallest absolute Gasteiger partial charge is 0.351 e. The van der Waals surface area contributed by atoms with Gasteiger partial charge in [0.05, 0.1) is 26.9 Å². The molecule has 2 rings (SSSR count). The van der Waals surface area contributed by atoms with Crippen LogP contribution in [0.1, 0.15) is 5.56 Å². The summed E-state index contributed by atoms with van der Waals surface area (Å²) in [6, 6.07) is 14.5. The van der Waals surface area contributed by atoms with Crippen LogP contribution in [0, 0.1) is 0 Å². The van der Waals surface area contributed by atoms with E-state index < -0.39 is 23.5 Å². The molecule has 140 valence electrons. The molecule has 0 heterocycles. The van der Waals surface area contributed by atoms with E-state index in [4.69, 9.17) is 18.9 Å². The number of hydrogen-bond acceptors (Lipinski definition) is 7. The van der Waals surface area contributed by atoms with E-state index in [0.29, 0.717) is 0 Å². The highest BCUT2D eigenvalue weighted by Gasteiger charge is 2.32. The van der Waals surface area contributed by atoms with Crippen LogP contribution < -0.4 is 9.47 Å². The summed E-state index contributed by atoms with van der Waals surface area (Å²) in [5.41, 5.74) is -0.724. The van der Waals surface area contributed by atoms with Crippen LogP contribution in [0.5, 0.6) is 11.5 Å². The first-order chi connectivity index (χ1) is 13.0. The summed E-state index contributed by atoms with van der Waals surface area (Å²) in [7, 11) is 3.62. The Labute approximate surface area is 156 Å². The Balaban J connectivity index is 2.68. The molecule has 0 unspecified atom stereocenters. The highest BCUT2D eigenvalue weighted by molar-refractivity contribution is 6.32. The second kappa shape index (κ2) is 9.19. The minimum absolute atomic E-state index is 0.192. The third-order valence-electron chi connectivity index (χ3n) is 3.56. The number of methoxy groups -OCH3 is 3. The molecule has 0 saturated carbocycles. The van der Waals surface area contributed by atoms with Crippen molar-refractivity contribution in [3.8, 4) is 11.5 Å². The van der Waals surface area contributed by atoms with E-state index in [0.717, 1.165) is 14.2 Å². The molecule has 0 radical (unpaired) electrons. The fraction of sp³-hybridized carbons (Fsp3) is 0.150. The zero-order valence-corrected chi connectivity index (χ0v) is 15.1. The fourth-order valence-corrected chi connectivity index (χ4v) is 2.34. The summed E-state index contributed by atoms with van der Waals surface area (Å²) in [5.74, 6) is -2.54. The molecule has 7 nitrogen and oxygen atoms in total. The highest BCUT2D eigenvalue weighted by atomic mass is 16.6. The van der Waals surface area contributed by atoms with E-state index in [9.17, 15) is 14.4 Å². The Morgan fingerprint density at radius 1 is 0.704 bits per heavy atom. The lowest BCUT2D eigenvalue weighted by molar-refractivity contribution is -0.142. The fourth-order valence-electron chi connectivity index (χ4n) is 2.34. The van der Waals surface area contributed by atoms with Crippen LogP contribution in [0.15, 0.2) is 60.2 Å². The first-order valence-corrected chi connectivity index (χ1v) is 7.85. The normalized spacial score (nSPS) is 11.1. The maximum atomic E-state index is 12.7. The predicted molar refractivity (Wildman–Crippen MR) is 96.0 cm³/mol. The zero-order valence-electron chi connectivity index (χ0n) is 15.1. The van der Waals surface area contributed by atoms with Crippen molar-refractivity contribution in [3.63, 3.8) is 0 Å². The SMILES string of the molecule is COC(=O)/C(C(=O)Oc1ccccc1)=C(\C(=O)OC)c1ccccc1OC. The van der Waals surface area contributed by atoms with Crippen molar-refractivity contribution < 1.29 is 33.3 Å². The predicted octanol–water partition coefficient (Wildman–Crippen LogP) is 2.40. The van der Waals surface area contributed by atoms with E-state index in [1.165, 1.54) is 25.3 Å². The van der Waals surface area contributed by atoms with Crippen LogP contribution in [0.4, 0.5) is 0 Å². The van der Waals surface area contributed by atoms with Crippen molar-refractivity contribution in [1.29, 1.82) is 0 Å². The molecule has 27 heavy (non-hydrogen) atoms. The molecule has 0 spiro atoms. The summed E-state index contributed by atoms with van der Waals surface area (Å²) < 4.78 is 19.9. The number of hydrogen-bond donors (Lipinski definition) is 0. The molecule has 0 saturated heterocycles. The van der Waals surface area contributed by atoms with Gasteiger partial charge in [-0.2, -0.15) is 0 Å². The Kier molecular flexibility index (Phi) is 6.71. The Hall–Kier alpha value is -3.61. The molecule has 0 bridgehead atoms. The third-order valence-corrected chi connectivity index (χ3v) is 3.56. The van der Waals surface area contributed by atoms with E-state index in [1.54, 1.807) is 36.4 Å². The van der Waals surface area contributed by atoms with Gasteiger partial charge in [0, 0.05) is 5.56 Å². The molecule has 0 aliphatic rings. The van der Waals surface area contributed by atoms with Crippen molar-refractivity contribution in [2.45, 2.75) is 0 Å². The monoisotopic (exact) mass is 370 g/mol. The summed E-state index contributed by atoms with van der Waals surface area (Å²) in [4.78, 5) is 37.5. The van der Waals surface area contributed by atoms with Gasteiger partial charge in [-0.25, -0.2) is 14.4 Å². The van der Waals surface area contributed by atoms with E-state index in [2.05, 4.69) is 0 Å². The Bertz CT molecular complexity index is 869. The number of carbonyl (C=O) groups is 3. The van der Waals surface area contributed by atoms with Crippen molar-refractivity contribution in [1.82, 2.24) is 0 Å². The van der Waals surface area contributed by atoms with E-state index >= 15 is 0 Å². The van der Waals surface area contributed by atoms with Gasteiger partial charge in [-0.3, -0.25) is 0 Å². The van der Waals surface area contributed by atoms with Crippen molar-refractivity contribution in [2.75, 3.05) is 21.3 Å². The van der Waals surface area contributed by atoms with Gasteiger partial charge in [0.1, 0.15) is 11.5 Å². The van der Waals surface area contributed by atoms with Gasteiger partial charge in [0.2, 0.25) is 0 Å². The van der Waals surface area contributed by atoms with E-state index in [-0.39, 0.29) is 22.6 Å². The number of esters is 3. The summed E-state index contributed by atoms with van der Waals surface area (Å²) in [5, 5.41) is 0. The van der Waals surface area contributed by atoms with Gasteiger partial charge in [-0.1, -0.05) is 36.4 Å². The molecular weight excluding hydrogens is 352 g/mol. The summed E-state index contributed by atoms with van der Waals surface area (Å²) in [6.45, 7) is 0. The highest BCUT2D eigenvalue weighted by Crippen LogP contribution is 2.30.